The summed E-state index contributed by atoms with van der Waals surface area (Å²) in [5.41, 5.74) is 0.758. The number of aliphatic hydroxyl groups excluding tert-OH is 1. The Balaban J connectivity index is 2.51. The topological polar surface area (TPSA) is 69.6 Å². The molecule has 16 heavy (non-hydrogen) atoms. The van der Waals surface area contributed by atoms with Gasteiger partial charge in [-0.1, -0.05) is 11.6 Å². The van der Waals surface area contributed by atoms with Gasteiger partial charge in [-0.15, -0.1) is 0 Å². The van der Waals surface area contributed by atoms with E-state index < -0.39 is 12.1 Å². The minimum atomic E-state index is -1.02. The first-order valence-electron chi connectivity index (χ1n) is 4.58. The molecule has 0 amide bonds. The molecule has 0 saturated carbocycles. The molecule has 1 unspecified atom stereocenters. The van der Waals surface area contributed by atoms with Crippen LogP contribution >= 0.6 is 27.5 Å². The number of anilines is 1. The Hall–Kier alpha value is -0.780. The Morgan fingerprint density at radius 3 is 2.81 bits per heavy atom. The minimum absolute atomic E-state index is 0.173. The Bertz CT molecular complexity index is 386. The number of hydrogen-bond acceptors (Lipinski definition) is 3. The third-order valence-electron chi connectivity index (χ3n) is 1.87. The molecule has 0 radical (unpaired) electrons. The highest BCUT2D eigenvalue weighted by Gasteiger charge is 2.09. The van der Waals surface area contributed by atoms with Crippen molar-refractivity contribution in [3.8, 4) is 0 Å². The molecule has 1 rings (SSSR count). The van der Waals surface area contributed by atoms with Crippen LogP contribution in [-0.2, 0) is 4.79 Å². The van der Waals surface area contributed by atoms with Gasteiger partial charge in [-0.2, -0.15) is 0 Å². The van der Waals surface area contributed by atoms with Gasteiger partial charge in [0.25, 0.3) is 0 Å². The summed E-state index contributed by atoms with van der Waals surface area (Å²) in [4.78, 5) is 10.3. The fraction of sp³-hybridized carbons (Fsp3) is 0.300. The van der Waals surface area contributed by atoms with Crippen LogP contribution < -0.4 is 5.32 Å². The van der Waals surface area contributed by atoms with E-state index in [9.17, 15) is 9.90 Å². The van der Waals surface area contributed by atoms with E-state index in [-0.39, 0.29) is 13.0 Å². The second kappa shape index (κ2) is 6.08. The standard InChI is InChI=1S/C10H11BrClNO3/c11-8-3-6(12)1-2-9(8)13-5-7(14)4-10(15)16/h1-3,7,13-14H,4-5H2,(H,15,16). The SMILES string of the molecule is O=C(O)CC(O)CNc1ccc(Cl)cc1Br. The summed E-state index contributed by atoms with van der Waals surface area (Å²) in [6, 6.07) is 5.17. The van der Waals surface area contributed by atoms with Crippen LogP contribution in [0.4, 0.5) is 5.69 Å². The number of carbonyl (C=O) groups is 1. The van der Waals surface area contributed by atoms with Crippen molar-refractivity contribution in [3.63, 3.8) is 0 Å². The summed E-state index contributed by atoms with van der Waals surface area (Å²) in [5, 5.41) is 21.3. The first kappa shape index (κ1) is 13.3. The first-order chi connectivity index (χ1) is 7.49. The Labute approximate surface area is 106 Å². The number of aliphatic carboxylic acids is 1. The maximum absolute atomic E-state index is 10.3. The van der Waals surface area contributed by atoms with Crippen molar-refractivity contribution in [1.82, 2.24) is 0 Å². The van der Waals surface area contributed by atoms with Gasteiger partial charge < -0.3 is 15.5 Å². The lowest BCUT2D eigenvalue weighted by molar-refractivity contribution is -0.138. The van der Waals surface area contributed by atoms with Crippen molar-refractivity contribution in [1.29, 1.82) is 0 Å². The Kier molecular flexibility index (Phi) is 5.05. The summed E-state index contributed by atoms with van der Waals surface area (Å²) in [6.07, 6.45) is -1.20. The number of carboxylic acids is 1. The highest BCUT2D eigenvalue weighted by atomic mass is 79.9. The molecule has 0 aromatic heterocycles. The van der Waals surface area contributed by atoms with E-state index >= 15 is 0 Å². The van der Waals surface area contributed by atoms with Crippen molar-refractivity contribution < 1.29 is 15.0 Å². The van der Waals surface area contributed by atoms with Crippen LogP contribution in [-0.4, -0.2) is 28.8 Å². The smallest absolute Gasteiger partial charge is 0.306 e. The van der Waals surface area contributed by atoms with Crippen LogP contribution in [0.5, 0.6) is 0 Å². The van der Waals surface area contributed by atoms with Crippen molar-refractivity contribution in [2.24, 2.45) is 0 Å². The highest BCUT2D eigenvalue weighted by molar-refractivity contribution is 9.10. The molecule has 3 N–H and O–H groups in total. The molecular formula is C10H11BrClNO3. The first-order valence-corrected chi connectivity index (χ1v) is 5.75. The lowest BCUT2D eigenvalue weighted by atomic mass is 10.2. The monoisotopic (exact) mass is 307 g/mol. The van der Waals surface area contributed by atoms with Crippen LogP contribution in [0, 0.1) is 0 Å². The molecule has 1 atom stereocenters. The van der Waals surface area contributed by atoms with E-state index in [2.05, 4.69) is 21.2 Å². The van der Waals surface area contributed by atoms with Gasteiger partial charge in [-0.25, -0.2) is 0 Å². The Morgan fingerprint density at radius 2 is 2.25 bits per heavy atom. The van der Waals surface area contributed by atoms with Crippen LogP contribution in [0.1, 0.15) is 6.42 Å². The number of halogens is 2. The van der Waals surface area contributed by atoms with E-state index in [1.54, 1.807) is 18.2 Å². The van der Waals surface area contributed by atoms with E-state index in [4.69, 9.17) is 16.7 Å². The molecule has 1 aromatic rings. The molecular weight excluding hydrogens is 297 g/mol. The average Bonchev–Trinajstić information content (AvgIpc) is 2.15. The normalized spacial score (nSPS) is 12.2. The molecule has 1 aromatic carbocycles. The van der Waals surface area contributed by atoms with Gasteiger partial charge in [0.1, 0.15) is 0 Å². The predicted octanol–water partition coefficient (Wildman–Crippen LogP) is 2.35. The summed E-state index contributed by atoms with van der Waals surface area (Å²) in [7, 11) is 0. The predicted molar refractivity (Wildman–Crippen MR) is 65.9 cm³/mol. The molecule has 0 fully saturated rings. The van der Waals surface area contributed by atoms with Crippen molar-refractivity contribution in [2.75, 3.05) is 11.9 Å². The van der Waals surface area contributed by atoms with E-state index in [0.717, 1.165) is 10.2 Å². The van der Waals surface area contributed by atoms with Crippen molar-refractivity contribution in [2.45, 2.75) is 12.5 Å². The number of carboxylic acid groups (broad SMARTS) is 1. The maximum Gasteiger partial charge on any atom is 0.306 e. The van der Waals surface area contributed by atoms with Gasteiger partial charge in [0, 0.05) is 21.7 Å². The molecule has 0 aliphatic heterocycles. The number of aliphatic hydroxyl groups is 1. The van der Waals surface area contributed by atoms with Crippen LogP contribution in [0.3, 0.4) is 0 Å². The van der Waals surface area contributed by atoms with Gasteiger partial charge in [0.2, 0.25) is 0 Å². The lowest BCUT2D eigenvalue weighted by Crippen LogP contribution is -2.22. The van der Waals surface area contributed by atoms with Gasteiger partial charge >= 0.3 is 5.97 Å². The van der Waals surface area contributed by atoms with Crippen LogP contribution in [0.15, 0.2) is 22.7 Å². The van der Waals surface area contributed by atoms with E-state index in [1.807, 2.05) is 0 Å². The van der Waals surface area contributed by atoms with E-state index in [0.29, 0.717) is 5.02 Å². The molecule has 0 bridgehead atoms. The summed E-state index contributed by atoms with van der Waals surface area (Å²) in [6.45, 7) is 0.173. The fourth-order valence-corrected chi connectivity index (χ4v) is 1.96. The second-order valence-electron chi connectivity index (χ2n) is 3.26. The highest BCUT2D eigenvalue weighted by Crippen LogP contribution is 2.25. The Morgan fingerprint density at radius 1 is 1.56 bits per heavy atom. The van der Waals surface area contributed by atoms with Gasteiger partial charge in [0.15, 0.2) is 0 Å². The number of hydrogen-bond donors (Lipinski definition) is 3. The summed E-state index contributed by atoms with van der Waals surface area (Å²) in [5.74, 6) is -1.02. The third kappa shape index (κ3) is 4.38. The van der Waals surface area contributed by atoms with Crippen LogP contribution in [0.25, 0.3) is 0 Å². The average molecular weight is 309 g/mol. The molecule has 0 spiro atoms. The van der Waals surface area contributed by atoms with Crippen molar-refractivity contribution >= 4 is 39.2 Å². The van der Waals surface area contributed by atoms with Gasteiger partial charge in [-0.3, -0.25) is 4.79 Å². The largest absolute Gasteiger partial charge is 0.481 e. The lowest BCUT2D eigenvalue weighted by Gasteiger charge is -2.12. The third-order valence-corrected chi connectivity index (χ3v) is 2.76. The second-order valence-corrected chi connectivity index (χ2v) is 4.55. The number of benzene rings is 1. The quantitative estimate of drug-likeness (QED) is 0.781. The molecule has 0 aliphatic carbocycles. The number of rotatable bonds is 5. The zero-order valence-corrected chi connectivity index (χ0v) is 10.6. The van der Waals surface area contributed by atoms with E-state index in [1.165, 1.54) is 0 Å². The fourth-order valence-electron chi connectivity index (χ4n) is 1.13. The molecule has 0 saturated heterocycles. The molecule has 88 valence electrons. The maximum atomic E-state index is 10.3. The molecule has 0 aliphatic rings. The van der Waals surface area contributed by atoms with Crippen molar-refractivity contribution in [3.05, 3.63) is 27.7 Å². The minimum Gasteiger partial charge on any atom is -0.481 e. The zero-order valence-electron chi connectivity index (χ0n) is 8.28. The van der Waals surface area contributed by atoms with Crippen LogP contribution in [0.2, 0.25) is 5.02 Å². The molecule has 0 heterocycles. The summed E-state index contributed by atoms with van der Waals surface area (Å²) >= 11 is 9.07. The van der Waals surface area contributed by atoms with Gasteiger partial charge in [-0.05, 0) is 34.1 Å². The summed E-state index contributed by atoms with van der Waals surface area (Å²) < 4.78 is 0.766. The number of nitrogens with one attached hydrogen (secondary N) is 1. The zero-order chi connectivity index (χ0) is 12.1. The molecule has 6 heteroatoms. The van der Waals surface area contributed by atoms with Gasteiger partial charge in [0.05, 0.1) is 12.5 Å². The molecule has 4 nitrogen and oxygen atoms in total.